The van der Waals surface area contributed by atoms with Gasteiger partial charge in [-0.1, -0.05) is 18.2 Å². The fourth-order valence-electron chi connectivity index (χ4n) is 1.87. The molecule has 1 atom stereocenters. The average molecular weight is 342 g/mol. The number of anilines is 1. The predicted octanol–water partition coefficient (Wildman–Crippen LogP) is 4.50. The number of fused-ring (bicyclic) bond motifs is 1. The molecule has 0 aliphatic carbocycles. The molecule has 1 aromatic carbocycles. The number of thiophene rings is 1. The van der Waals surface area contributed by atoms with Gasteiger partial charge in [-0.3, -0.25) is 4.79 Å². The summed E-state index contributed by atoms with van der Waals surface area (Å²) in [6, 6.07) is 12.1. The van der Waals surface area contributed by atoms with Crippen molar-refractivity contribution in [2.75, 3.05) is 5.32 Å². The van der Waals surface area contributed by atoms with Crippen molar-refractivity contribution in [3.05, 3.63) is 46.7 Å². The van der Waals surface area contributed by atoms with Crippen LogP contribution in [0.3, 0.4) is 0 Å². The molecule has 5 heteroatoms. The zero-order valence-corrected chi connectivity index (χ0v) is 12.8. The smallest absolute Gasteiger partial charge is 0.225 e. The number of rotatable bonds is 1. The van der Waals surface area contributed by atoms with E-state index in [1.165, 1.54) is 4.88 Å². The molecule has 0 bridgehead atoms. The second-order valence-electron chi connectivity index (χ2n) is 3.87. The summed E-state index contributed by atoms with van der Waals surface area (Å²) in [5.41, 5.74) is 0.932. The zero-order valence-electron chi connectivity index (χ0n) is 9.46. The van der Waals surface area contributed by atoms with E-state index in [0.29, 0.717) is 6.42 Å². The number of nitrogens with one attached hydrogen (secondary N) is 1. The summed E-state index contributed by atoms with van der Waals surface area (Å²) in [7, 11) is 0. The van der Waals surface area contributed by atoms with Crippen LogP contribution in [0.5, 0.6) is 0 Å². The Morgan fingerprint density at radius 2 is 2.00 bits per heavy atom. The Hall–Kier alpha value is -0.780. The largest absolute Gasteiger partial charge is 0.325 e. The molecule has 1 N–H and O–H groups in total. The van der Waals surface area contributed by atoms with Crippen molar-refractivity contribution in [2.45, 2.75) is 16.6 Å². The minimum absolute atomic E-state index is 0. The molecule has 94 valence electrons. The first-order chi connectivity index (χ1) is 8.33. The van der Waals surface area contributed by atoms with Crippen molar-refractivity contribution in [3.63, 3.8) is 0 Å². The lowest BCUT2D eigenvalue weighted by atomic mass is 10.2. The van der Waals surface area contributed by atoms with Gasteiger partial charge in [0.2, 0.25) is 5.91 Å². The van der Waals surface area contributed by atoms with Gasteiger partial charge in [-0.2, -0.15) is 0 Å². The molecular weight excluding hydrogens is 330 g/mol. The topological polar surface area (TPSA) is 29.1 Å². The van der Waals surface area contributed by atoms with Gasteiger partial charge in [-0.05, 0) is 23.6 Å². The number of para-hydroxylation sites is 1. The van der Waals surface area contributed by atoms with E-state index in [-0.39, 0.29) is 28.1 Å². The highest BCUT2D eigenvalue weighted by molar-refractivity contribution is 8.93. The first kappa shape index (κ1) is 13.6. The van der Waals surface area contributed by atoms with Gasteiger partial charge in [0.1, 0.15) is 0 Å². The summed E-state index contributed by atoms with van der Waals surface area (Å²) in [6.45, 7) is 0. The van der Waals surface area contributed by atoms with Gasteiger partial charge in [0, 0.05) is 16.2 Å². The molecule has 1 aromatic heterocycles. The maximum Gasteiger partial charge on any atom is 0.225 e. The number of benzene rings is 1. The van der Waals surface area contributed by atoms with Crippen LogP contribution in [0.1, 0.15) is 16.5 Å². The molecular formula is C13H12BrNOS2. The van der Waals surface area contributed by atoms with Crippen LogP contribution in [-0.4, -0.2) is 5.91 Å². The van der Waals surface area contributed by atoms with Gasteiger partial charge in [0.15, 0.2) is 0 Å². The first-order valence-corrected chi connectivity index (χ1v) is 7.18. The molecule has 1 amide bonds. The SMILES string of the molecule is Br.O=C1CC(c2cccs2)Sc2ccccc2N1. The van der Waals surface area contributed by atoms with Gasteiger partial charge in [-0.15, -0.1) is 40.1 Å². The summed E-state index contributed by atoms with van der Waals surface area (Å²) >= 11 is 3.48. The Balaban J connectivity index is 0.00000120. The minimum atomic E-state index is 0. The van der Waals surface area contributed by atoms with Crippen molar-refractivity contribution >= 4 is 51.7 Å². The van der Waals surface area contributed by atoms with Crippen LogP contribution < -0.4 is 5.32 Å². The number of thioether (sulfide) groups is 1. The molecule has 0 saturated carbocycles. The number of carbonyl (C=O) groups is 1. The highest BCUT2D eigenvalue weighted by Gasteiger charge is 2.23. The van der Waals surface area contributed by atoms with Crippen molar-refractivity contribution in [3.8, 4) is 0 Å². The Labute approximate surface area is 125 Å². The van der Waals surface area contributed by atoms with Crippen LogP contribution in [0.4, 0.5) is 5.69 Å². The van der Waals surface area contributed by atoms with E-state index in [2.05, 4.69) is 22.8 Å². The molecule has 1 aliphatic heterocycles. The Morgan fingerprint density at radius 3 is 2.78 bits per heavy atom. The molecule has 3 rings (SSSR count). The van der Waals surface area contributed by atoms with Gasteiger partial charge < -0.3 is 5.32 Å². The molecule has 2 nitrogen and oxygen atoms in total. The number of amides is 1. The van der Waals surface area contributed by atoms with Gasteiger partial charge >= 0.3 is 0 Å². The van der Waals surface area contributed by atoms with E-state index in [0.717, 1.165) is 10.6 Å². The van der Waals surface area contributed by atoms with Crippen LogP contribution in [0.15, 0.2) is 46.7 Å². The number of halogens is 1. The van der Waals surface area contributed by atoms with Crippen LogP contribution in [0.2, 0.25) is 0 Å². The third-order valence-electron chi connectivity index (χ3n) is 2.66. The number of hydrogen-bond acceptors (Lipinski definition) is 3. The molecule has 1 unspecified atom stereocenters. The average Bonchev–Trinajstić information content (AvgIpc) is 2.79. The highest BCUT2D eigenvalue weighted by Crippen LogP contribution is 2.44. The van der Waals surface area contributed by atoms with E-state index >= 15 is 0 Å². The third kappa shape index (κ3) is 2.79. The van der Waals surface area contributed by atoms with E-state index in [9.17, 15) is 4.79 Å². The molecule has 0 radical (unpaired) electrons. The molecule has 0 spiro atoms. The number of carbonyl (C=O) groups excluding carboxylic acids is 1. The second kappa shape index (κ2) is 5.91. The zero-order chi connectivity index (χ0) is 11.7. The maximum atomic E-state index is 11.8. The standard InChI is InChI=1S/C13H11NOS2.BrH/c15-13-8-12(11-6-3-7-16-11)17-10-5-2-1-4-9(10)14-13;/h1-7,12H,8H2,(H,14,15);1H. The summed E-state index contributed by atoms with van der Waals surface area (Å²) < 4.78 is 0. The summed E-state index contributed by atoms with van der Waals surface area (Å²) in [5.74, 6) is 0.0980. The van der Waals surface area contributed by atoms with Crippen molar-refractivity contribution < 1.29 is 4.79 Å². The molecule has 0 fully saturated rings. The van der Waals surface area contributed by atoms with E-state index in [1.807, 2.05) is 24.3 Å². The monoisotopic (exact) mass is 341 g/mol. The lowest BCUT2D eigenvalue weighted by molar-refractivity contribution is -0.116. The Kier molecular flexibility index (Phi) is 4.48. The van der Waals surface area contributed by atoms with E-state index < -0.39 is 0 Å². The molecule has 2 heterocycles. The maximum absolute atomic E-state index is 11.8. The first-order valence-electron chi connectivity index (χ1n) is 5.42. The lowest BCUT2D eigenvalue weighted by Crippen LogP contribution is -2.11. The molecule has 18 heavy (non-hydrogen) atoms. The van der Waals surface area contributed by atoms with Crippen LogP contribution in [0.25, 0.3) is 0 Å². The lowest BCUT2D eigenvalue weighted by Gasteiger charge is -2.10. The molecule has 2 aromatic rings. The second-order valence-corrected chi connectivity index (χ2v) is 6.09. The minimum Gasteiger partial charge on any atom is -0.325 e. The van der Waals surface area contributed by atoms with Crippen molar-refractivity contribution in [1.82, 2.24) is 0 Å². The number of hydrogen-bond donors (Lipinski definition) is 1. The fourth-order valence-corrected chi connectivity index (χ4v) is 4.03. The van der Waals surface area contributed by atoms with Crippen LogP contribution in [0, 0.1) is 0 Å². The van der Waals surface area contributed by atoms with Crippen LogP contribution in [-0.2, 0) is 4.79 Å². The Bertz CT molecular complexity index is 542. The normalized spacial score (nSPS) is 18.2. The summed E-state index contributed by atoms with van der Waals surface area (Å²) in [6.07, 6.45) is 0.542. The van der Waals surface area contributed by atoms with Crippen molar-refractivity contribution in [2.24, 2.45) is 0 Å². The highest BCUT2D eigenvalue weighted by atomic mass is 79.9. The van der Waals surface area contributed by atoms with Gasteiger partial charge in [0.25, 0.3) is 0 Å². The van der Waals surface area contributed by atoms with Crippen molar-refractivity contribution in [1.29, 1.82) is 0 Å². The Morgan fingerprint density at radius 1 is 1.17 bits per heavy atom. The van der Waals surface area contributed by atoms with Gasteiger partial charge in [0.05, 0.1) is 10.9 Å². The predicted molar refractivity (Wildman–Crippen MR) is 82.9 cm³/mol. The fraction of sp³-hybridized carbons (Fsp3) is 0.154. The summed E-state index contributed by atoms with van der Waals surface area (Å²) in [5, 5.41) is 5.25. The van der Waals surface area contributed by atoms with Gasteiger partial charge in [-0.25, -0.2) is 0 Å². The third-order valence-corrected chi connectivity index (χ3v) is 5.11. The van der Waals surface area contributed by atoms with Crippen LogP contribution >= 0.6 is 40.1 Å². The van der Waals surface area contributed by atoms with E-state index in [1.54, 1.807) is 23.1 Å². The molecule has 1 aliphatic rings. The summed E-state index contributed by atoms with van der Waals surface area (Å²) in [4.78, 5) is 14.2. The quantitative estimate of drug-likeness (QED) is 0.827. The van der Waals surface area contributed by atoms with E-state index in [4.69, 9.17) is 0 Å². The molecule has 0 saturated heterocycles.